The van der Waals surface area contributed by atoms with Gasteiger partial charge in [0.1, 0.15) is 29.7 Å². The number of benzene rings is 2. The number of amides is 2. The second-order valence-corrected chi connectivity index (χ2v) is 9.10. The maximum Gasteiger partial charge on any atom is 0.293 e. The number of carbonyl (C=O) groups excluding carboxylic acids is 2. The molecule has 0 saturated heterocycles. The van der Waals surface area contributed by atoms with E-state index in [-0.39, 0.29) is 23.2 Å². The number of carbonyl (C=O) groups is 2. The van der Waals surface area contributed by atoms with E-state index in [1.165, 1.54) is 18.5 Å². The molecule has 0 spiro atoms. The number of rotatable bonds is 11. The fourth-order valence-corrected chi connectivity index (χ4v) is 3.80. The highest BCUT2D eigenvalue weighted by molar-refractivity contribution is 9.10. The highest BCUT2D eigenvalue weighted by Gasteiger charge is 2.13. The van der Waals surface area contributed by atoms with E-state index in [0.717, 1.165) is 27.1 Å². The van der Waals surface area contributed by atoms with Crippen LogP contribution in [0.15, 0.2) is 80.9 Å². The van der Waals surface area contributed by atoms with Gasteiger partial charge < -0.3 is 13.9 Å². The van der Waals surface area contributed by atoms with E-state index in [1.54, 1.807) is 6.07 Å². The van der Waals surface area contributed by atoms with Gasteiger partial charge in [-0.05, 0) is 66.2 Å². The fraction of sp³-hybridized carbons (Fsp3) is 0.125. The number of hydrogen-bond acceptors (Lipinski definition) is 9. The van der Waals surface area contributed by atoms with Gasteiger partial charge in [-0.15, -0.1) is 10.2 Å². The molecule has 36 heavy (non-hydrogen) atoms. The smallest absolute Gasteiger partial charge is 0.293 e. The average molecular weight is 570 g/mol. The number of halogens is 1. The Bertz CT molecular complexity index is 1310. The van der Waals surface area contributed by atoms with Crippen molar-refractivity contribution in [2.45, 2.75) is 6.42 Å². The number of ether oxygens (including phenoxy) is 2. The molecular formula is C24H20BrN5O5S. The van der Waals surface area contributed by atoms with Gasteiger partial charge in [-0.25, -0.2) is 5.43 Å². The maximum atomic E-state index is 12.1. The minimum atomic E-state index is -0.442. The molecule has 0 unspecified atom stereocenters. The monoisotopic (exact) mass is 569 g/mol. The van der Waals surface area contributed by atoms with Crippen LogP contribution in [0.2, 0.25) is 0 Å². The second kappa shape index (κ2) is 12.6. The van der Waals surface area contributed by atoms with Crippen molar-refractivity contribution in [1.29, 1.82) is 0 Å². The van der Waals surface area contributed by atoms with E-state index in [2.05, 4.69) is 42.0 Å². The van der Waals surface area contributed by atoms with Crippen molar-refractivity contribution in [1.82, 2.24) is 15.6 Å². The summed E-state index contributed by atoms with van der Waals surface area (Å²) < 4.78 is 17.3. The summed E-state index contributed by atoms with van der Waals surface area (Å²) in [6.07, 6.45) is 2.89. The first-order valence-corrected chi connectivity index (χ1v) is 12.3. The summed E-state index contributed by atoms with van der Waals surface area (Å²) in [5.74, 6) is 0.823. The number of hydrazone groups is 1. The number of furan rings is 1. The third-order valence-electron chi connectivity index (χ3n) is 4.46. The lowest BCUT2D eigenvalue weighted by Gasteiger charge is -2.08. The molecule has 0 aliphatic carbocycles. The number of anilines is 1. The molecule has 0 atom stereocenters. The van der Waals surface area contributed by atoms with Crippen molar-refractivity contribution in [3.05, 3.63) is 87.7 Å². The predicted octanol–water partition coefficient (Wildman–Crippen LogP) is 4.30. The number of nitrogens with one attached hydrogen (secondary N) is 2. The molecule has 0 saturated carbocycles. The van der Waals surface area contributed by atoms with E-state index >= 15 is 0 Å². The Labute approximate surface area is 218 Å². The molecule has 12 heteroatoms. The molecule has 2 aromatic carbocycles. The molecule has 10 nitrogen and oxygen atoms in total. The zero-order valence-corrected chi connectivity index (χ0v) is 21.1. The molecule has 2 N–H and O–H groups in total. The summed E-state index contributed by atoms with van der Waals surface area (Å²) in [5, 5.41) is 15.0. The van der Waals surface area contributed by atoms with Crippen LogP contribution in [-0.4, -0.2) is 41.4 Å². The Hall–Kier alpha value is -4.03. The van der Waals surface area contributed by atoms with Gasteiger partial charge >= 0.3 is 0 Å². The minimum absolute atomic E-state index is 0.0271. The van der Waals surface area contributed by atoms with Crippen molar-refractivity contribution in [3.63, 3.8) is 0 Å². The van der Waals surface area contributed by atoms with Gasteiger partial charge in [0.25, 0.3) is 5.91 Å². The van der Waals surface area contributed by atoms with Crippen LogP contribution in [0.3, 0.4) is 0 Å². The third kappa shape index (κ3) is 7.75. The summed E-state index contributed by atoms with van der Waals surface area (Å²) in [6, 6.07) is 18.0. The molecule has 2 heterocycles. The average Bonchev–Trinajstić information content (AvgIpc) is 3.57. The molecule has 2 amide bonds. The minimum Gasteiger partial charge on any atom is -0.490 e. The third-order valence-corrected chi connectivity index (χ3v) is 5.83. The Morgan fingerprint density at radius 1 is 1.00 bits per heavy atom. The summed E-state index contributed by atoms with van der Waals surface area (Å²) in [5.41, 5.74) is 3.23. The number of hydrogen-bond donors (Lipinski definition) is 2. The van der Waals surface area contributed by atoms with Crippen molar-refractivity contribution in [2.24, 2.45) is 5.10 Å². The Morgan fingerprint density at radius 2 is 1.69 bits per heavy atom. The van der Waals surface area contributed by atoms with Crippen LogP contribution in [0.25, 0.3) is 0 Å². The van der Waals surface area contributed by atoms with Crippen LogP contribution in [-0.2, 0) is 11.2 Å². The normalized spacial score (nSPS) is 10.8. The first kappa shape index (κ1) is 25.1. The lowest BCUT2D eigenvalue weighted by Crippen LogP contribution is -2.19. The highest BCUT2D eigenvalue weighted by atomic mass is 79.9. The molecule has 2 aromatic heterocycles. The standard InChI is InChI=1S/C24H20BrN5O5S/c25-17-5-9-19(10-6-17)34-13-12-33-18-7-3-16(4-8-18)15-26-28-21(31)14-22-29-30-24(36-22)27-23(32)20-2-1-11-35-20/h1-11,15H,12-14H2,(H,28,31)(H,27,30,32)/b26-15+. The molecular weight excluding hydrogens is 550 g/mol. The van der Waals surface area contributed by atoms with Gasteiger partial charge in [0.2, 0.25) is 11.0 Å². The first-order chi connectivity index (χ1) is 17.5. The topological polar surface area (TPSA) is 128 Å². The molecule has 0 radical (unpaired) electrons. The lowest BCUT2D eigenvalue weighted by atomic mass is 10.2. The van der Waals surface area contributed by atoms with Crippen LogP contribution in [0.4, 0.5) is 5.13 Å². The summed E-state index contributed by atoms with van der Waals surface area (Å²) >= 11 is 4.48. The molecule has 0 fully saturated rings. The van der Waals surface area contributed by atoms with Gasteiger partial charge in [0.15, 0.2) is 5.76 Å². The van der Waals surface area contributed by atoms with Crippen molar-refractivity contribution >= 4 is 50.4 Å². The molecule has 184 valence electrons. The molecule has 4 aromatic rings. The summed E-state index contributed by atoms with van der Waals surface area (Å²) in [4.78, 5) is 24.1. The Morgan fingerprint density at radius 3 is 2.36 bits per heavy atom. The first-order valence-electron chi connectivity index (χ1n) is 10.7. The van der Waals surface area contributed by atoms with Gasteiger partial charge in [0, 0.05) is 4.47 Å². The van der Waals surface area contributed by atoms with Gasteiger partial charge in [0.05, 0.1) is 18.9 Å². The number of nitrogens with zero attached hydrogens (tertiary/aromatic N) is 3. The molecule has 4 rings (SSSR count). The van der Waals surface area contributed by atoms with Crippen molar-refractivity contribution in [2.75, 3.05) is 18.5 Å². The van der Waals surface area contributed by atoms with Crippen molar-refractivity contribution in [3.8, 4) is 11.5 Å². The van der Waals surface area contributed by atoms with E-state index in [0.29, 0.717) is 24.0 Å². The van der Waals surface area contributed by atoms with Gasteiger partial charge in [-0.3, -0.25) is 14.9 Å². The summed E-state index contributed by atoms with van der Waals surface area (Å²) in [7, 11) is 0. The van der Waals surface area contributed by atoms with Crippen LogP contribution in [0.1, 0.15) is 21.1 Å². The van der Waals surface area contributed by atoms with Crippen LogP contribution < -0.4 is 20.2 Å². The second-order valence-electron chi connectivity index (χ2n) is 7.12. The fourth-order valence-electron chi connectivity index (χ4n) is 2.80. The lowest BCUT2D eigenvalue weighted by molar-refractivity contribution is -0.120. The van der Waals surface area contributed by atoms with Crippen LogP contribution >= 0.6 is 27.3 Å². The van der Waals surface area contributed by atoms with Gasteiger partial charge in [-0.1, -0.05) is 27.3 Å². The van der Waals surface area contributed by atoms with E-state index in [9.17, 15) is 9.59 Å². The zero-order valence-electron chi connectivity index (χ0n) is 18.7. The molecule has 0 aliphatic rings. The quantitative estimate of drug-likeness (QED) is 0.156. The largest absolute Gasteiger partial charge is 0.490 e. The van der Waals surface area contributed by atoms with E-state index in [4.69, 9.17) is 13.9 Å². The maximum absolute atomic E-state index is 12.1. The Kier molecular flexibility index (Phi) is 8.78. The number of aromatic nitrogens is 2. The highest BCUT2D eigenvalue weighted by Crippen LogP contribution is 2.18. The predicted molar refractivity (Wildman–Crippen MR) is 138 cm³/mol. The molecule has 0 bridgehead atoms. The molecule has 0 aliphatic heterocycles. The summed E-state index contributed by atoms with van der Waals surface area (Å²) in [6.45, 7) is 0.822. The SMILES string of the molecule is O=C(Cc1nnc(NC(=O)c2ccco2)s1)N/N=C/c1ccc(OCCOc2ccc(Br)cc2)cc1. The van der Waals surface area contributed by atoms with Crippen LogP contribution in [0, 0.1) is 0 Å². The van der Waals surface area contributed by atoms with Gasteiger partial charge in [-0.2, -0.15) is 5.10 Å². The zero-order chi connectivity index (χ0) is 25.2. The van der Waals surface area contributed by atoms with Crippen LogP contribution in [0.5, 0.6) is 11.5 Å². The van der Waals surface area contributed by atoms with Crippen molar-refractivity contribution < 1.29 is 23.5 Å². The van der Waals surface area contributed by atoms with E-state index in [1.807, 2.05) is 48.5 Å². The Balaban J connectivity index is 1.15. The van der Waals surface area contributed by atoms with E-state index < -0.39 is 5.91 Å².